The number of nitrogens with zero attached hydrogens (tertiary/aromatic N) is 1. The molecule has 0 bridgehead atoms. The number of rotatable bonds is 6. The van der Waals surface area contributed by atoms with Crippen LogP contribution in [0.15, 0.2) is 34.9 Å². The third kappa shape index (κ3) is 3.94. The highest BCUT2D eigenvalue weighted by Crippen LogP contribution is 2.13. The molecule has 0 radical (unpaired) electrons. The van der Waals surface area contributed by atoms with E-state index in [9.17, 15) is 9.59 Å². The molecule has 0 aliphatic heterocycles. The summed E-state index contributed by atoms with van der Waals surface area (Å²) in [6.45, 7) is 4.38. The summed E-state index contributed by atoms with van der Waals surface area (Å²) < 4.78 is 5.01. The Morgan fingerprint density at radius 2 is 1.95 bits per heavy atom. The van der Waals surface area contributed by atoms with Gasteiger partial charge < -0.3 is 14.9 Å². The van der Waals surface area contributed by atoms with E-state index in [-0.39, 0.29) is 23.1 Å². The van der Waals surface area contributed by atoms with E-state index >= 15 is 0 Å². The number of carbonyl (C=O) groups excluding carboxylic acids is 1. The zero-order valence-corrected chi connectivity index (χ0v) is 12.5. The Bertz CT molecular complexity index is 659. The van der Waals surface area contributed by atoms with E-state index in [2.05, 4.69) is 10.5 Å². The van der Waals surface area contributed by atoms with Gasteiger partial charge in [0.2, 0.25) is 5.76 Å². The monoisotopic (exact) mass is 302 g/mol. The Hall–Kier alpha value is -2.63. The highest BCUT2D eigenvalue weighted by molar-refractivity contribution is 5.91. The fraction of sp³-hybridized carbons (Fsp3) is 0.312. The minimum atomic E-state index is -0.953. The minimum absolute atomic E-state index is 0.199. The molecule has 0 fully saturated rings. The van der Waals surface area contributed by atoms with Crippen molar-refractivity contribution in [2.45, 2.75) is 26.2 Å². The lowest BCUT2D eigenvalue weighted by Gasteiger charge is -2.03. The van der Waals surface area contributed by atoms with Gasteiger partial charge in [0.05, 0.1) is 11.3 Å². The Labute approximate surface area is 128 Å². The Balaban J connectivity index is 1.84. The first-order chi connectivity index (χ1) is 10.5. The van der Waals surface area contributed by atoms with Gasteiger partial charge in [-0.15, -0.1) is 0 Å². The molecule has 0 saturated carbocycles. The molecular formula is C16H18N2O4. The molecule has 0 unspecified atom stereocenters. The Kier molecular flexibility index (Phi) is 4.93. The van der Waals surface area contributed by atoms with Crippen LogP contribution in [-0.4, -0.2) is 28.7 Å². The quantitative estimate of drug-likeness (QED) is 0.855. The van der Waals surface area contributed by atoms with Crippen molar-refractivity contribution in [3.05, 3.63) is 52.9 Å². The highest BCUT2D eigenvalue weighted by Gasteiger charge is 2.14. The predicted octanol–water partition coefficient (Wildman–Crippen LogP) is 2.47. The normalized spacial score (nSPS) is 10.7. The van der Waals surface area contributed by atoms with E-state index in [1.807, 2.05) is 13.8 Å². The van der Waals surface area contributed by atoms with Crippen LogP contribution in [0.4, 0.5) is 0 Å². The van der Waals surface area contributed by atoms with E-state index in [0.29, 0.717) is 13.0 Å². The van der Waals surface area contributed by atoms with E-state index in [1.54, 1.807) is 30.3 Å². The van der Waals surface area contributed by atoms with Crippen LogP contribution in [0.5, 0.6) is 0 Å². The van der Waals surface area contributed by atoms with Crippen LogP contribution < -0.4 is 5.32 Å². The average molecular weight is 302 g/mol. The molecule has 116 valence electrons. The Morgan fingerprint density at radius 1 is 1.27 bits per heavy atom. The summed E-state index contributed by atoms with van der Waals surface area (Å²) >= 11 is 0. The van der Waals surface area contributed by atoms with Gasteiger partial charge in [-0.1, -0.05) is 31.1 Å². The largest absolute Gasteiger partial charge is 0.478 e. The van der Waals surface area contributed by atoms with Crippen LogP contribution in [0.2, 0.25) is 0 Å². The maximum absolute atomic E-state index is 11.9. The van der Waals surface area contributed by atoms with Gasteiger partial charge in [0, 0.05) is 12.6 Å². The third-order valence-electron chi connectivity index (χ3n) is 3.24. The summed E-state index contributed by atoms with van der Waals surface area (Å²) in [5.74, 6) is -0.851. The molecular weight excluding hydrogens is 284 g/mol. The molecule has 2 N–H and O–H groups in total. The standard InChI is InChI=1S/C16H18N2O4/c1-10(2)13-9-14(22-18-13)15(19)17-8-7-11-3-5-12(6-4-11)16(20)21/h3-6,9-10H,7-8H2,1-2H3,(H,17,19)(H,20,21). The lowest BCUT2D eigenvalue weighted by Crippen LogP contribution is -2.25. The predicted molar refractivity (Wildman–Crippen MR) is 80.0 cm³/mol. The van der Waals surface area contributed by atoms with Crippen LogP contribution in [0.25, 0.3) is 0 Å². The number of carbonyl (C=O) groups is 2. The van der Waals surface area contributed by atoms with Crippen LogP contribution in [0.3, 0.4) is 0 Å². The number of hydrogen-bond acceptors (Lipinski definition) is 4. The van der Waals surface area contributed by atoms with Gasteiger partial charge in [0.15, 0.2) is 0 Å². The molecule has 6 heteroatoms. The number of carboxylic acids is 1. The lowest BCUT2D eigenvalue weighted by molar-refractivity contribution is 0.0696. The number of aromatic nitrogens is 1. The third-order valence-corrected chi connectivity index (χ3v) is 3.24. The van der Waals surface area contributed by atoms with Crippen molar-refractivity contribution in [3.63, 3.8) is 0 Å². The van der Waals surface area contributed by atoms with Gasteiger partial charge in [-0.05, 0) is 30.0 Å². The van der Waals surface area contributed by atoms with Gasteiger partial charge in [-0.3, -0.25) is 4.79 Å². The fourth-order valence-corrected chi connectivity index (χ4v) is 1.89. The number of carboxylic acid groups (broad SMARTS) is 1. The first-order valence-electron chi connectivity index (χ1n) is 7.04. The zero-order valence-electron chi connectivity index (χ0n) is 12.5. The number of nitrogens with one attached hydrogen (secondary N) is 1. The second kappa shape index (κ2) is 6.89. The molecule has 1 amide bonds. The second-order valence-electron chi connectivity index (χ2n) is 5.28. The lowest BCUT2D eigenvalue weighted by atomic mass is 10.1. The van der Waals surface area contributed by atoms with Crippen LogP contribution in [-0.2, 0) is 6.42 Å². The summed E-state index contributed by atoms with van der Waals surface area (Å²) in [4.78, 5) is 22.6. The minimum Gasteiger partial charge on any atom is -0.478 e. The van der Waals surface area contributed by atoms with Crippen molar-refractivity contribution < 1.29 is 19.2 Å². The number of benzene rings is 1. The molecule has 1 aromatic carbocycles. The van der Waals surface area contributed by atoms with E-state index in [0.717, 1.165) is 11.3 Å². The summed E-state index contributed by atoms with van der Waals surface area (Å²) in [6.07, 6.45) is 0.608. The molecule has 22 heavy (non-hydrogen) atoms. The molecule has 1 aromatic heterocycles. The average Bonchev–Trinajstić information content (AvgIpc) is 2.98. The molecule has 2 aromatic rings. The number of hydrogen-bond donors (Lipinski definition) is 2. The van der Waals surface area contributed by atoms with Crippen LogP contribution >= 0.6 is 0 Å². The van der Waals surface area contributed by atoms with E-state index in [4.69, 9.17) is 9.63 Å². The van der Waals surface area contributed by atoms with E-state index in [1.165, 1.54) is 0 Å². The van der Waals surface area contributed by atoms with Crippen molar-refractivity contribution in [1.29, 1.82) is 0 Å². The molecule has 6 nitrogen and oxygen atoms in total. The maximum atomic E-state index is 11.9. The molecule has 0 aliphatic rings. The molecule has 0 aliphatic carbocycles. The van der Waals surface area contributed by atoms with Crippen LogP contribution in [0.1, 0.15) is 51.9 Å². The highest BCUT2D eigenvalue weighted by atomic mass is 16.5. The smallest absolute Gasteiger partial charge is 0.335 e. The van der Waals surface area contributed by atoms with Crippen LogP contribution in [0, 0.1) is 0 Å². The van der Waals surface area contributed by atoms with Crippen molar-refractivity contribution in [2.75, 3.05) is 6.54 Å². The molecule has 0 atom stereocenters. The van der Waals surface area contributed by atoms with Crippen molar-refractivity contribution in [2.24, 2.45) is 0 Å². The summed E-state index contributed by atoms with van der Waals surface area (Å²) in [7, 11) is 0. The SMILES string of the molecule is CC(C)c1cc(C(=O)NCCc2ccc(C(=O)O)cc2)on1. The summed E-state index contributed by atoms with van der Waals surface area (Å²) in [6, 6.07) is 8.21. The van der Waals surface area contributed by atoms with Crippen molar-refractivity contribution >= 4 is 11.9 Å². The summed E-state index contributed by atoms with van der Waals surface area (Å²) in [5.41, 5.74) is 1.94. The first-order valence-corrected chi connectivity index (χ1v) is 7.04. The molecule has 2 rings (SSSR count). The van der Waals surface area contributed by atoms with Gasteiger partial charge in [-0.2, -0.15) is 0 Å². The van der Waals surface area contributed by atoms with Gasteiger partial charge in [-0.25, -0.2) is 4.79 Å². The van der Waals surface area contributed by atoms with E-state index < -0.39 is 5.97 Å². The Morgan fingerprint density at radius 3 is 2.50 bits per heavy atom. The van der Waals surface area contributed by atoms with Gasteiger partial charge >= 0.3 is 5.97 Å². The molecule has 0 spiro atoms. The fourth-order valence-electron chi connectivity index (χ4n) is 1.89. The van der Waals surface area contributed by atoms with Gasteiger partial charge in [0.25, 0.3) is 5.91 Å². The molecule has 0 saturated heterocycles. The number of aromatic carboxylic acids is 1. The van der Waals surface area contributed by atoms with Gasteiger partial charge in [0.1, 0.15) is 0 Å². The van der Waals surface area contributed by atoms with Crippen molar-refractivity contribution in [3.8, 4) is 0 Å². The topological polar surface area (TPSA) is 92.4 Å². The van der Waals surface area contributed by atoms with Crippen molar-refractivity contribution in [1.82, 2.24) is 10.5 Å². The summed E-state index contributed by atoms with van der Waals surface area (Å²) in [5, 5.41) is 15.4. The second-order valence-corrected chi connectivity index (χ2v) is 5.28. The maximum Gasteiger partial charge on any atom is 0.335 e. The number of amides is 1. The molecule has 1 heterocycles. The zero-order chi connectivity index (χ0) is 16.1. The first kappa shape index (κ1) is 15.8.